The van der Waals surface area contributed by atoms with Gasteiger partial charge in [0.1, 0.15) is 5.82 Å². The lowest BCUT2D eigenvalue weighted by atomic mass is 10.1. The van der Waals surface area contributed by atoms with Gasteiger partial charge in [0.2, 0.25) is 0 Å². The SMILES string of the molecule is Nc1[nH]ncc1-c1ccc(-n2cccn2)cc1. The zero-order valence-electron chi connectivity index (χ0n) is 9.04. The molecule has 0 unspecified atom stereocenters. The van der Waals surface area contributed by atoms with E-state index in [4.69, 9.17) is 5.73 Å². The smallest absolute Gasteiger partial charge is 0.126 e. The van der Waals surface area contributed by atoms with Crippen molar-refractivity contribution in [1.82, 2.24) is 20.0 Å². The van der Waals surface area contributed by atoms with E-state index in [1.54, 1.807) is 12.4 Å². The number of aromatic nitrogens is 4. The van der Waals surface area contributed by atoms with Gasteiger partial charge in [0.15, 0.2) is 0 Å². The van der Waals surface area contributed by atoms with E-state index < -0.39 is 0 Å². The summed E-state index contributed by atoms with van der Waals surface area (Å²) < 4.78 is 1.81. The number of hydrogen-bond acceptors (Lipinski definition) is 3. The number of aromatic amines is 1. The summed E-state index contributed by atoms with van der Waals surface area (Å²) in [6.45, 7) is 0. The maximum atomic E-state index is 5.77. The number of nitrogen functional groups attached to an aromatic ring is 1. The minimum absolute atomic E-state index is 0.580. The molecule has 0 spiro atoms. The second kappa shape index (κ2) is 3.79. The number of hydrogen-bond donors (Lipinski definition) is 2. The van der Waals surface area contributed by atoms with Gasteiger partial charge in [-0.3, -0.25) is 5.10 Å². The molecule has 1 aromatic carbocycles. The monoisotopic (exact) mass is 225 g/mol. The Hall–Kier alpha value is -2.56. The maximum absolute atomic E-state index is 5.77. The van der Waals surface area contributed by atoms with E-state index in [0.29, 0.717) is 5.82 Å². The quantitative estimate of drug-likeness (QED) is 0.699. The van der Waals surface area contributed by atoms with Gasteiger partial charge in [-0.1, -0.05) is 12.1 Å². The van der Waals surface area contributed by atoms with E-state index in [2.05, 4.69) is 15.3 Å². The van der Waals surface area contributed by atoms with E-state index in [1.807, 2.05) is 41.2 Å². The van der Waals surface area contributed by atoms with Crippen molar-refractivity contribution in [2.24, 2.45) is 0 Å². The number of rotatable bonds is 2. The standard InChI is InChI=1S/C12H11N5/c13-12-11(8-14-16-12)9-2-4-10(5-3-9)17-7-1-6-15-17/h1-8H,(H3,13,14,16). The molecule has 0 aliphatic rings. The molecule has 0 radical (unpaired) electrons. The molecule has 3 aromatic rings. The highest BCUT2D eigenvalue weighted by molar-refractivity contribution is 5.73. The van der Waals surface area contributed by atoms with Gasteiger partial charge in [0.25, 0.3) is 0 Å². The predicted molar refractivity (Wildman–Crippen MR) is 65.6 cm³/mol. The van der Waals surface area contributed by atoms with Crippen molar-refractivity contribution in [1.29, 1.82) is 0 Å². The Labute approximate surface area is 97.9 Å². The summed E-state index contributed by atoms with van der Waals surface area (Å²) >= 11 is 0. The van der Waals surface area contributed by atoms with E-state index in [1.165, 1.54) is 0 Å². The number of nitrogens with one attached hydrogen (secondary N) is 1. The zero-order chi connectivity index (χ0) is 11.7. The summed E-state index contributed by atoms with van der Waals surface area (Å²) in [4.78, 5) is 0. The average Bonchev–Trinajstić information content (AvgIpc) is 3.00. The van der Waals surface area contributed by atoms with Crippen molar-refractivity contribution in [3.63, 3.8) is 0 Å². The van der Waals surface area contributed by atoms with Gasteiger partial charge in [-0.25, -0.2) is 4.68 Å². The van der Waals surface area contributed by atoms with Gasteiger partial charge in [-0.15, -0.1) is 0 Å². The fraction of sp³-hybridized carbons (Fsp3) is 0. The third-order valence-corrected chi connectivity index (χ3v) is 2.62. The van der Waals surface area contributed by atoms with E-state index in [-0.39, 0.29) is 0 Å². The first kappa shape index (κ1) is 9.65. The minimum atomic E-state index is 0.580. The number of anilines is 1. The summed E-state index contributed by atoms with van der Waals surface area (Å²) in [5.41, 5.74) is 8.73. The molecule has 0 atom stereocenters. The van der Waals surface area contributed by atoms with Gasteiger partial charge in [-0.2, -0.15) is 10.2 Å². The van der Waals surface area contributed by atoms with Crippen LogP contribution in [0.15, 0.2) is 48.9 Å². The van der Waals surface area contributed by atoms with Crippen molar-refractivity contribution in [3.8, 4) is 16.8 Å². The van der Waals surface area contributed by atoms with Crippen LogP contribution in [0.5, 0.6) is 0 Å². The fourth-order valence-electron chi connectivity index (χ4n) is 1.74. The molecule has 0 bridgehead atoms. The third kappa shape index (κ3) is 1.67. The molecule has 2 heterocycles. The molecule has 3 rings (SSSR count). The lowest BCUT2D eigenvalue weighted by Gasteiger charge is -2.03. The summed E-state index contributed by atoms with van der Waals surface area (Å²) in [5, 5.41) is 10.8. The molecule has 17 heavy (non-hydrogen) atoms. The van der Waals surface area contributed by atoms with Crippen LogP contribution in [0.1, 0.15) is 0 Å². The predicted octanol–water partition coefficient (Wildman–Crippen LogP) is 1.84. The van der Waals surface area contributed by atoms with Crippen molar-refractivity contribution in [3.05, 3.63) is 48.9 Å². The highest BCUT2D eigenvalue weighted by Gasteiger charge is 2.04. The summed E-state index contributed by atoms with van der Waals surface area (Å²) in [7, 11) is 0. The molecule has 0 aliphatic heterocycles. The van der Waals surface area contributed by atoms with Crippen molar-refractivity contribution < 1.29 is 0 Å². The van der Waals surface area contributed by atoms with Crippen LogP contribution < -0.4 is 5.73 Å². The van der Waals surface area contributed by atoms with Crippen LogP contribution in [0, 0.1) is 0 Å². The number of nitrogens with two attached hydrogens (primary N) is 1. The molecule has 0 saturated heterocycles. The Balaban J connectivity index is 1.99. The molecule has 0 aliphatic carbocycles. The first-order chi connectivity index (χ1) is 8.34. The second-order valence-electron chi connectivity index (χ2n) is 3.69. The lowest BCUT2D eigenvalue weighted by Crippen LogP contribution is -1.93. The Bertz CT molecular complexity index is 607. The summed E-state index contributed by atoms with van der Waals surface area (Å²) in [6, 6.07) is 9.88. The molecule has 84 valence electrons. The van der Waals surface area contributed by atoms with Crippen LogP contribution in [0.3, 0.4) is 0 Å². The lowest BCUT2D eigenvalue weighted by molar-refractivity contribution is 0.881. The Morgan fingerprint density at radius 2 is 2.00 bits per heavy atom. The van der Waals surface area contributed by atoms with Gasteiger partial charge < -0.3 is 5.73 Å². The van der Waals surface area contributed by atoms with Crippen LogP contribution in [0.4, 0.5) is 5.82 Å². The Morgan fingerprint density at radius 1 is 1.18 bits per heavy atom. The Kier molecular flexibility index (Phi) is 2.15. The van der Waals surface area contributed by atoms with Crippen LogP contribution >= 0.6 is 0 Å². The third-order valence-electron chi connectivity index (χ3n) is 2.62. The second-order valence-corrected chi connectivity index (χ2v) is 3.69. The van der Waals surface area contributed by atoms with Crippen LogP contribution in [0.25, 0.3) is 16.8 Å². The summed E-state index contributed by atoms with van der Waals surface area (Å²) in [6.07, 6.45) is 5.38. The van der Waals surface area contributed by atoms with Gasteiger partial charge in [0, 0.05) is 18.0 Å². The van der Waals surface area contributed by atoms with Crippen LogP contribution in [-0.4, -0.2) is 20.0 Å². The van der Waals surface area contributed by atoms with Gasteiger partial charge in [-0.05, 0) is 23.8 Å². The Morgan fingerprint density at radius 3 is 2.59 bits per heavy atom. The van der Waals surface area contributed by atoms with Crippen LogP contribution in [-0.2, 0) is 0 Å². The van der Waals surface area contributed by atoms with Gasteiger partial charge in [0.05, 0.1) is 11.9 Å². The van der Waals surface area contributed by atoms with E-state index in [9.17, 15) is 0 Å². The van der Waals surface area contributed by atoms with Gasteiger partial charge >= 0.3 is 0 Å². The molecule has 2 aromatic heterocycles. The topological polar surface area (TPSA) is 72.5 Å². The largest absolute Gasteiger partial charge is 0.384 e. The molecule has 5 heteroatoms. The molecule has 0 saturated carbocycles. The van der Waals surface area contributed by atoms with E-state index >= 15 is 0 Å². The first-order valence-corrected chi connectivity index (χ1v) is 5.24. The summed E-state index contributed by atoms with van der Waals surface area (Å²) in [5.74, 6) is 0.580. The van der Waals surface area contributed by atoms with Crippen molar-refractivity contribution in [2.45, 2.75) is 0 Å². The molecule has 3 N–H and O–H groups in total. The molecular weight excluding hydrogens is 214 g/mol. The maximum Gasteiger partial charge on any atom is 0.126 e. The average molecular weight is 225 g/mol. The zero-order valence-corrected chi connectivity index (χ0v) is 9.04. The highest BCUT2D eigenvalue weighted by Crippen LogP contribution is 2.24. The number of benzene rings is 1. The normalized spacial score (nSPS) is 10.6. The molecule has 5 nitrogen and oxygen atoms in total. The molecule has 0 amide bonds. The van der Waals surface area contributed by atoms with E-state index in [0.717, 1.165) is 16.8 Å². The first-order valence-electron chi connectivity index (χ1n) is 5.24. The number of nitrogens with zero attached hydrogens (tertiary/aromatic N) is 3. The minimum Gasteiger partial charge on any atom is -0.384 e. The van der Waals surface area contributed by atoms with Crippen molar-refractivity contribution in [2.75, 3.05) is 5.73 Å². The van der Waals surface area contributed by atoms with Crippen molar-refractivity contribution >= 4 is 5.82 Å². The molecular formula is C12H11N5. The highest BCUT2D eigenvalue weighted by atomic mass is 15.3. The van der Waals surface area contributed by atoms with Crippen LogP contribution in [0.2, 0.25) is 0 Å². The number of H-pyrrole nitrogens is 1. The fourth-order valence-corrected chi connectivity index (χ4v) is 1.74. The molecule has 0 fully saturated rings.